The third-order valence-electron chi connectivity index (χ3n) is 3.08. The van der Waals surface area contributed by atoms with Crippen LogP contribution in [0.2, 0.25) is 0 Å². The van der Waals surface area contributed by atoms with Gasteiger partial charge in [-0.1, -0.05) is 17.8 Å². The standard InChI is InChI=1S/C16H16FN3O4S/c1-9(15(23)18-11-5-3-4-10(17)6-11)25-16-19-12(7-13(21)20-16)8-14(22)24-2/h3-7,9H,8H2,1-2H3,(H,18,23)(H,19,20,21)/t9-/m0/s1. The molecular weight excluding hydrogens is 349 g/mol. The molecule has 0 aliphatic carbocycles. The number of methoxy groups -OCH3 is 1. The van der Waals surface area contributed by atoms with Gasteiger partial charge < -0.3 is 15.0 Å². The van der Waals surface area contributed by atoms with E-state index >= 15 is 0 Å². The molecule has 0 bridgehead atoms. The van der Waals surface area contributed by atoms with Crippen LogP contribution in [0.5, 0.6) is 0 Å². The zero-order valence-corrected chi connectivity index (χ0v) is 14.4. The number of aromatic nitrogens is 2. The van der Waals surface area contributed by atoms with Crippen LogP contribution in [0.25, 0.3) is 0 Å². The monoisotopic (exact) mass is 365 g/mol. The molecule has 25 heavy (non-hydrogen) atoms. The van der Waals surface area contributed by atoms with Crippen molar-refractivity contribution >= 4 is 29.3 Å². The van der Waals surface area contributed by atoms with Crippen molar-refractivity contribution in [1.29, 1.82) is 0 Å². The van der Waals surface area contributed by atoms with Gasteiger partial charge in [0.15, 0.2) is 5.16 Å². The Kier molecular flexibility index (Phi) is 6.29. The first-order chi connectivity index (χ1) is 11.9. The number of carbonyl (C=O) groups is 2. The smallest absolute Gasteiger partial charge is 0.311 e. The first-order valence-corrected chi connectivity index (χ1v) is 8.15. The predicted molar refractivity (Wildman–Crippen MR) is 90.9 cm³/mol. The molecule has 0 spiro atoms. The number of anilines is 1. The van der Waals surface area contributed by atoms with Crippen LogP contribution in [-0.2, 0) is 20.7 Å². The molecule has 2 rings (SSSR count). The number of rotatable bonds is 6. The highest BCUT2D eigenvalue weighted by Crippen LogP contribution is 2.20. The van der Waals surface area contributed by atoms with Gasteiger partial charge in [0.1, 0.15) is 5.82 Å². The summed E-state index contributed by atoms with van der Waals surface area (Å²) < 4.78 is 17.7. The molecule has 0 radical (unpaired) electrons. The topological polar surface area (TPSA) is 101 Å². The number of hydrogen-bond donors (Lipinski definition) is 2. The van der Waals surface area contributed by atoms with Crippen LogP contribution in [0.4, 0.5) is 10.1 Å². The molecule has 0 aliphatic rings. The van der Waals surface area contributed by atoms with Crippen molar-refractivity contribution < 1.29 is 18.7 Å². The molecule has 0 unspecified atom stereocenters. The van der Waals surface area contributed by atoms with E-state index in [2.05, 4.69) is 20.0 Å². The number of thioether (sulfide) groups is 1. The Balaban J connectivity index is 2.06. The van der Waals surface area contributed by atoms with E-state index in [1.165, 1.54) is 31.4 Å². The summed E-state index contributed by atoms with van der Waals surface area (Å²) in [5.41, 5.74) is 0.142. The molecule has 9 heteroatoms. The maximum atomic E-state index is 13.1. The zero-order valence-electron chi connectivity index (χ0n) is 13.5. The maximum Gasteiger partial charge on any atom is 0.311 e. The first-order valence-electron chi connectivity index (χ1n) is 7.27. The quantitative estimate of drug-likeness (QED) is 0.459. The fourth-order valence-electron chi connectivity index (χ4n) is 1.88. The van der Waals surface area contributed by atoms with Gasteiger partial charge >= 0.3 is 5.97 Å². The average molecular weight is 365 g/mol. The van der Waals surface area contributed by atoms with Gasteiger partial charge in [0, 0.05) is 11.8 Å². The molecule has 0 saturated heterocycles. The van der Waals surface area contributed by atoms with E-state index in [0.717, 1.165) is 11.8 Å². The summed E-state index contributed by atoms with van der Waals surface area (Å²) >= 11 is 1.01. The molecule has 0 aliphatic heterocycles. The van der Waals surface area contributed by atoms with E-state index in [9.17, 15) is 18.8 Å². The van der Waals surface area contributed by atoms with Gasteiger partial charge in [0.2, 0.25) is 5.91 Å². The zero-order chi connectivity index (χ0) is 18.4. The van der Waals surface area contributed by atoms with Crippen LogP contribution in [0.15, 0.2) is 40.3 Å². The van der Waals surface area contributed by atoms with Crippen molar-refractivity contribution in [2.45, 2.75) is 23.8 Å². The fraction of sp³-hybridized carbons (Fsp3) is 0.250. The molecule has 1 aromatic heterocycles. The van der Waals surface area contributed by atoms with Crippen LogP contribution < -0.4 is 10.9 Å². The summed E-state index contributed by atoms with van der Waals surface area (Å²) in [5.74, 6) is -1.36. The molecule has 1 atom stereocenters. The van der Waals surface area contributed by atoms with E-state index in [1.54, 1.807) is 13.0 Å². The number of carbonyl (C=O) groups excluding carboxylic acids is 2. The third kappa shape index (κ3) is 5.71. The molecule has 1 heterocycles. The summed E-state index contributed by atoms with van der Waals surface area (Å²) in [5, 5.41) is 2.17. The number of hydrogen-bond acceptors (Lipinski definition) is 6. The minimum Gasteiger partial charge on any atom is -0.469 e. The van der Waals surface area contributed by atoms with Gasteiger partial charge in [-0.2, -0.15) is 0 Å². The SMILES string of the molecule is COC(=O)Cc1cc(=O)[nH]c(S[C@@H](C)C(=O)Nc2cccc(F)c2)n1. The molecular formula is C16H16FN3O4S. The number of esters is 1. The van der Waals surface area contributed by atoms with Crippen LogP contribution in [0.3, 0.4) is 0 Å². The molecule has 2 N–H and O–H groups in total. The predicted octanol–water partition coefficient (Wildman–Crippen LogP) is 1.74. The Bertz CT molecular complexity index is 840. The largest absolute Gasteiger partial charge is 0.469 e. The molecule has 0 saturated carbocycles. The van der Waals surface area contributed by atoms with Gasteiger partial charge in [-0.25, -0.2) is 9.37 Å². The molecule has 1 aromatic carbocycles. The van der Waals surface area contributed by atoms with Crippen molar-refractivity contribution in [2.75, 3.05) is 12.4 Å². The van der Waals surface area contributed by atoms with Crippen molar-refractivity contribution in [3.8, 4) is 0 Å². The second-order valence-electron chi connectivity index (χ2n) is 5.05. The Morgan fingerprint density at radius 1 is 1.40 bits per heavy atom. The highest BCUT2D eigenvalue weighted by atomic mass is 32.2. The number of amides is 1. The van der Waals surface area contributed by atoms with Crippen LogP contribution >= 0.6 is 11.8 Å². The number of aromatic amines is 1. The second-order valence-corrected chi connectivity index (χ2v) is 6.38. The number of nitrogens with one attached hydrogen (secondary N) is 2. The summed E-state index contributed by atoms with van der Waals surface area (Å²) in [6, 6.07) is 6.72. The van der Waals surface area contributed by atoms with Crippen LogP contribution in [0.1, 0.15) is 12.6 Å². The Labute approximate surface area is 147 Å². The molecule has 7 nitrogen and oxygen atoms in total. The summed E-state index contributed by atoms with van der Waals surface area (Å²) in [7, 11) is 1.24. The second kappa shape index (κ2) is 8.43. The average Bonchev–Trinajstić information content (AvgIpc) is 2.54. The molecule has 132 valence electrons. The number of nitrogens with zero attached hydrogens (tertiary/aromatic N) is 1. The lowest BCUT2D eigenvalue weighted by Crippen LogP contribution is -2.23. The van der Waals surface area contributed by atoms with Crippen LogP contribution in [0, 0.1) is 5.82 Å². The van der Waals surface area contributed by atoms with E-state index in [4.69, 9.17) is 0 Å². The molecule has 2 aromatic rings. The number of H-pyrrole nitrogens is 1. The lowest BCUT2D eigenvalue weighted by Gasteiger charge is -2.12. The van der Waals surface area contributed by atoms with Crippen molar-refractivity contribution in [3.63, 3.8) is 0 Å². The minimum atomic E-state index is -0.611. The summed E-state index contributed by atoms with van der Waals surface area (Å²) in [6.45, 7) is 1.62. The summed E-state index contributed by atoms with van der Waals surface area (Å²) in [6.07, 6.45) is -0.141. The van der Waals surface area contributed by atoms with Gasteiger partial charge in [0.05, 0.1) is 24.5 Å². The number of ether oxygens (including phenoxy) is 1. The Hall–Kier alpha value is -2.68. The van der Waals surface area contributed by atoms with Crippen molar-refractivity contribution in [3.05, 3.63) is 52.2 Å². The highest BCUT2D eigenvalue weighted by Gasteiger charge is 2.17. The van der Waals surface area contributed by atoms with Crippen molar-refractivity contribution in [1.82, 2.24) is 9.97 Å². The number of halogens is 1. The van der Waals surface area contributed by atoms with E-state index in [-0.39, 0.29) is 23.2 Å². The van der Waals surface area contributed by atoms with Crippen molar-refractivity contribution in [2.24, 2.45) is 0 Å². The van der Waals surface area contributed by atoms with Gasteiger partial charge in [-0.05, 0) is 25.1 Å². The number of benzene rings is 1. The van der Waals surface area contributed by atoms with Gasteiger partial charge in [0.25, 0.3) is 5.56 Å². The van der Waals surface area contributed by atoms with Gasteiger partial charge in [-0.15, -0.1) is 0 Å². The van der Waals surface area contributed by atoms with Gasteiger partial charge in [-0.3, -0.25) is 14.4 Å². The minimum absolute atomic E-state index is 0.141. The lowest BCUT2D eigenvalue weighted by atomic mass is 10.3. The lowest BCUT2D eigenvalue weighted by molar-refractivity contribution is -0.139. The summed E-state index contributed by atoms with van der Waals surface area (Å²) in [4.78, 5) is 41.8. The highest BCUT2D eigenvalue weighted by molar-refractivity contribution is 8.00. The van der Waals surface area contributed by atoms with E-state index < -0.39 is 22.6 Å². The molecule has 0 fully saturated rings. The third-order valence-corrected chi connectivity index (χ3v) is 4.06. The van der Waals surface area contributed by atoms with E-state index in [1.807, 2.05) is 0 Å². The fourth-order valence-corrected chi connectivity index (χ4v) is 2.71. The Morgan fingerprint density at radius 2 is 2.16 bits per heavy atom. The Morgan fingerprint density at radius 3 is 2.84 bits per heavy atom. The van der Waals surface area contributed by atoms with Crippen LogP contribution in [-0.4, -0.2) is 34.2 Å². The van der Waals surface area contributed by atoms with E-state index in [0.29, 0.717) is 5.69 Å². The maximum absolute atomic E-state index is 13.1. The molecule has 1 amide bonds. The first kappa shape index (κ1) is 18.7. The normalized spacial score (nSPS) is 11.6.